The van der Waals surface area contributed by atoms with Crippen molar-refractivity contribution in [2.24, 2.45) is 0 Å². The van der Waals surface area contributed by atoms with E-state index >= 15 is 0 Å². The van der Waals surface area contributed by atoms with Crippen molar-refractivity contribution in [3.63, 3.8) is 0 Å². The number of pyridine rings is 1. The molecule has 2 aromatic heterocycles. The van der Waals surface area contributed by atoms with Crippen LogP contribution in [0.4, 0.5) is 0 Å². The number of hydrogen-bond donors (Lipinski definition) is 1. The molecule has 0 spiro atoms. The monoisotopic (exact) mass is 210 g/mol. The van der Waals surface area contributed by atoms with E-state index in [4.69, 9.17) is 0 Å². The minimum atomic E-state index is 0.285. The molecule has 0 atom stereocenters. The predicted octanol–water partition coefficient (Wildman–Crippen LogP) is 2.71. The molecule has 1 N–H and O–H groups in total. The number of phenolic OH excluding ortho intramolecular Hbond substituents is 1. The summed E-state index contributed by atoms with van der Waals surface area (Å²) in [6, 6.07) is 11.2. The summed E-state index contributed by atoms with van der Waals surface area (Å²) >= 11 is 0. The predicted molar refractivity (Wildman–Crippen MR) is 62.3 cm³/mol. The number of imidazole rings is 1. The quantitative estimate of drug-likeness (QED) is 0.670. The molecular weight excluding hydrogens is 200 g/mol. The summed E-state index contributed by atoms with van der Waals surface area (Å²) in [7, 11) is 0. The number of phenols is 1. The lowest BCUT2D eigenvalue weighted by Gasteiger charge is -2.02. The Balaban J connectivity index is 2.14. The average molecular weight is 210 g/mol. The lowest BCUT2D eigenvalue weighted by Crippen LogP contribution is -1.85. The zero-order chi connectivity index (χ0) is 11.0. The van der Waals surface area contributed by atoms with Gasteiger partial charge in [-0.25, -0.2) is 4.98 Å². The smallest absolute Gasteiger partial charge is 0.136 e. The van der Waals surface area contributed by atoms with Crippen molar-refractivity contribution < 1.29 is 5.11 Å². The number of hydrogen-bond acceptors (Lipinski definition) is 2. The molecule has 3 heteroatoms. The Hall–Kier alpha value is -2.29. The molecular formula is C13H10N2O. The molecule has 0 aliphatic heterocycles. The van der Waals surface area contributed by atoms with Crippen LogP contribution in [0.5, 0.6) is 5.75 Å². The first-order valence-electron chi connectivity index (χ1n) is 5.05. The molecule has 78 valence electrons. The van der Waals surface area contributed by atoms with Gasteiger partial charge in [0.1, 0.15) is 11.4 Å². The summed E-state index contributed by atoms with van der Waals surface area (Å²) in [6.07, 6.45) is 5.71. The summed E-state index contributed by atoms with van der Waals surface area (Å²) in [5.41, 5.74) is 3.11. The maximum Gasteiger partial charge on any atom is 0.136 e. The van der Waals surface area contributed by atoms with Crippen molar-refractivity contribution in [2.45, 2.75) is 0 Å². The van der Waals surface area contributed by atoms with E-state index in [1.54, 1.807) is 18.3 Å². The first-order chi connectivity index (χ1) is 7.83. The number of nitrogens with zero attached hydrogens (tertiary/aromatic N) is 2. The van der Waals surface area contributed by atoms with Crippen LogP contribution in [0, 0.1) is 0 Å². The minimum Gasteiger partial charge on any atom is -0.508 e. The highest BCUT2D eigenvalue weighted by Crippen LogP contribution is 2.21. The van der Waals surface area contributed by atoms with Gasteiger partial charge in [-0.05, 0) is 35.4 Å². The SMILES string of the molecule is Oc1ccc(-c2ccc3nccn3c2)cc1. The standard InChI is InChI=1S/C13H10N2O/c16-12-4-1-10(2-5-12)11-3-6-13-14-7-8-15(13)9-11/h1-9,16H. The van der Waals surface area contributed by atoms with Gasteiger partial charge in [-0.2, -0.15) is 0 Å². The summed E-state index contributed by atoms with van der Waals surface area (Å²) < 4.78 is 1.97. The van der Waals surface area contributed by atoms with Gasteiger partial charge in [0.25, 0.3) is 0 Å². The fourth-order valence-electron chi connectivity index (χ4n) is 1.74. The van der Waals surface area contributed by atoms with Crippen molar-refractivity contribution >= 4 is 5.65 Å². The van der Waals surface area contributed by atoms with Gasteiger partial charge in [-0.1, -0.05) is 12.1 Å². The third kappa shape index (κ3) is 1.42. The molecule has 3 rings (SSSR count). The van der Waals surface area contributed by atoms with E-state index in [1.165, 1.54) is 0 Å². The lowest BCUT2D eigenvalue weighted by atomic mass is 10.1. The van der Waals surface area contributed by atoms with Crippen LogP contribution < -0.4 is 0 Å². The molecule has 0 saturated heterocycles. The molecule has 0 amide bonds. The second kappa shape index (κ2) is 3.38. The summed E-state index contributed by atoms with van der Waals surface area (Å²) in [6.45, 7) is 0. The third-order valence-electron chi connectivity index (χ3n) is 2.59. The van der Waals surface area contributed by atoms with Gasteiger partial charge in [0, 0.05) is 18.6 Å². The molecule has 3 aromatic rings. The van der Waals surface area contributed by atoms with E-state index in [-0.39, 0.29) is 5.75 Å². The molecule has 0 unspecified atom stereocenters. The average Bonchev–Trinajstić information content (AvgIpc) is 2.77. The van der Waals surface area contributed by atoms with Crippen LogP contribution in [-0.4, -0.2) is 14.5 Å². The molecule has 16 heavy (non-hydrogen) atoms. The molecule has 0 saturated carbocycles. The van der Waals surface area contributed by atoms with Crippen LogP contribution in [0.25, 0.3) is 16.8 Å². The van der Waals surface area contributed by atoms with Crippen LogP contribution in [0.3, 0.4) is 0 Å². The number of fused-ring (bicyclic) bond motifs is 1. The van der Waals surface area contributed by atoms with Crippen LogP contribution in [0.2, 0.25) is 0 Å². The first-order valence-corrected chi connectivity index (χ1v) is 5.05. The summed E-state index contributed by atoms with van der Waals surface area (Å²) in [5, 5.41) is 9.23. The Morgan fingerprint density at radius 1 is 0.938 bits per heavy atom. The maximum absolute atomic E-state index is 9.23. The lowest BCUT2D eigenvalue weighted by molar-refractivity contribution is 0.475. The van der Waals surface area contributed by atoms with Crippen LogP contribution in [-0.2, 0) is 0 Å². The molecule has 3 nitrogen and oxygen atoms in total. The van der Waals surface area contributed by atoms with E-state index in [0.29, 0.717) is 0 Å². The van der Waals surface area contributed by atoms with Gasteiger partial charge >= 0.3 is 0 Å². The van der Waals surface area contributed by atoms with E-state index < -0.39 is 0 Å². The van der Waals surface area contributed by atoms with Crippen LogP contribution >= 0.6 is 0 Å². The Bertz CT molecular complexity index is 626. The zero-order valence-corrected chi connectivity index (χ0v) is 8.54. The molecule has 0 aliphatic rings. The van der Waals surface area contributed by atoms with Crippen molar-refractivity contribution in [1.82, 2.24) is 9.38 Å². The van der Waals surface area contributed by atoms with Gasteiger partial charge in [-0.3, -0.25) is 0 Å². The van der Waals surface area contributed by atoms with Gasteiger partial charge in [0.15, 0.2) is 0 Å². The minimum absolute atomic E-state index is 0.285. The Kier molecular flexibility index (Phi) is 1.90. The van der Waals surface area contributed by atoms with Crippen LogP contribution in [0.15, 0.2) is 55.0 Å². The van der Waals surface area contributed by atoms with Gasteiger partial charge in [-0.15, -0.1) is 0 Å². The van der Waals surface area contributed by atoms with Crippen LogP contribution in [0.1, 0.15) is 0 Å². The third-order valence-corrected chi connectivity index (χ3v) is 2.59. The Morgan fingerprint density at radius 3 is 2.50 bits per heavy atom. The normalized spacial score (nSPS) is 10.8. The number of rotatable bonds is 1. The highest BCUT2D eigenvalue weighted by atomic mass is 16.3. The second-order valence-electron chi connectivity index (χ2n) is 3.66. The maximum atomic E-state index is 9.23. The Morgan fingerprint density at radius 2 is 1.69 bits per heavy atom. The van der Waals surface area contributed by atoms with E-state index in [9.17, 15) is 5.11 Å². The largest absolute Gasteiger partial charge is 0.508 e. The molecule has 0 fully saturated rings. The molecule has 2 heterocycles. The molecule has 0 bridgehead atoms. The highest BCUT2D eigenvalue weighted by Gasteiger charge is 1.99. The van der Waals surface area contributed by atoms with E-state index in [2.05, 4.69) is 4.98 Å². The van der Waals surface area contributed by atoms with Crippen molar-refractivity contribution in [2.75, 3.05) is 0 Å². The number of aromatic hydroxyl groups is 1. The first kappa shape index (κ1) is 8.97. The van der Waals surface area contributed by atoms with Crippen molar-refractivity contribution in [3.8, 4) is 16.9 Å². The summed E-state index contributed by atoms with van der Waals surface area (Å²) in [4.78, 5) is 4.19. The van der Waals surface area contributed by atoms with E-state index in [1.807, 2.05) is 41.1 Å². The highest BCUT2D eigenvalue weighted by molar-refractivity contribution is 5.65. The van der Waals surface area contributed by atoms with Gasteiger partial charge < -0.3 is 9.51 Å². The summed E-state index contributed by atoms with van der Waals surface area (Å²) in [5.74, 6) is 0.285. The van der Waals surface area contributed by atoms with Crippen molar-refractivity contribution in [1.29, 1.82) is 0 Å². The Labute approximate surface area is 92.6 Å². The zero-order valence-electron chi connectivity index (χ0n) is 8.54. The topological polar surface area (TPSA) is 37.5 Å². The fourth-order valence-corrected chi connectivity index (χ4v) is 1.74. The number of benzene rings is 1. The van der Waals surface area contributed by atoms with Crippen molar-refractivity contribution in [3.05, 3.63) is 55.0 Å². The van der Waals surface area contributed by atoms with Gasteiger partial charge in [0.05, 0.1) is 0 Å². The van der Waals surface area contributed by atoms with E-state index in [0.717, 1.165) is 16.8 Å². The second-order valence-corrected chi connectivity index (χ2v) is 3.66. The molecule has 1 aromatic carbocycles. The fraction of sp³-hybridized carbons (Fsp3) is 0. The van der Waals surface area contributed by atoms with Gasteiger partial charge in [0.2, 0.25) is 0 Å². The number of aromatic nitrogens is 2. The molecule has 0 radical (unpaired) electrons. The molecule has 0 aliphatic carbocycles.